The molecule has 23 heavy (non-hydrogen) atoms. The van der Waals surface area contributed by atoms with Gasteiger partial charge in [-0.3, -0.25) is 5.43 Å². The summed E-state index contributed by atoms with van der Waals surface area (Å²) in [5, 5.41) is 5.94. The third-order valence-electron chi connectivity index (χ3n) is 3.92. The van der Waals surface area contributed by atoms with Crippen LogP contribution < -0.4 is 10.3 Å². The fraction of sp³-hybridized carbons (Fsp3) is 0.400. The second-order valence-electron chi connectivity index (χ2n) is 5.43. The van der Waals surface area contributed by atoms with Gasteiger partial charge in [-0.1, -0.05) is 15.9 Å². The number of alkyl halides is 3. The van der Waals surface area contributed by atoms with Crippen LogP contribution in [0.3, 0.4) is 0 Å². The highest BCUT2D eigenvalue weighted by Gasteiger charge is 2.35. The van der Waals surface area contributed by atoms with Crippen molar-refractivity contribution in [1.29, 1.82) is 0 Å². The summed E-state index contributed by atoms with van der Waals surface area (Å²) >= 11 is 2.99. The number of halogens is 4. The number of piperidine rings is 1. The minimum Gasteiger partial charge on any atom is -0.348 e. The van der Waals surface area contributed by atoms with E-state index >= 15 is 0 Å². The molecule has 1 N–H and O–H groups in total. The predicted octanol–water partition coefficient (Wildman–Crippen LogP) is 4.10. The molecule has 0 radical (unpaired) electrons. The van der Waals surface area contributed by atoms with Crippen LogP contribution in [0.2, 0.25) is 0 Å². The second kappa shape index (κ2) is 6.43. The number of nitrogens with one attached hydrogen (secondary N) is 1. The number of anilines is 1. The normalized spacial score (nSPS) is 21.5. The van der Waals surface area contributed by atoms with Crippen LogP contribution in [0.5, 0.6) is 0 Å². The Hall–Kier alpha value is -1.70. The van der Waals surface area contributed by atoms with E-state index in [1.165, 1.54) is 12.1 Å². The molecule has 1 atom stereocenters. The third kappa shape index (κ3) is 3.46. The highest BCUT2D eigenvalue weighted by Crippen LogP contribution is 2.38. The zero-order valence-corrected chi connectivity index (χ0v) is 13.8. The average molecular weight is 389 g/mol. The summed E-state index contributed by atoms with van der Waals surface area (Å²) in [6.07, 6.45) is 3.47. The molecule has 1 aromatic carbocycles. The van der Waals surface area contributed by atoms with Crippen molar-refractivity contribution in [3.63, 3.8) is 0 Å². The van der Waals surface area contributed by atoms with Gasteiger partial charge in [0.15, 0.2) is 0 Å². The van der Waals surface area contributed by atoms with E-state index in [2.05, 4.69) is 26.5 Å². The van der Waals surface area contributed by atoms with Crippen LogP contribution in [0.15, 0.2) is 40.0 Å². The van der Waals surface area contributed by atoms with Gasteiger partial charge in [-0.25, -0.2) is 0 Å². The number of hydrogen-bond acceptors (Lipinski definition) is 4. The molecule has 0 spiro atoms. The first-order valence-electron chi connectivity index (χ1n) is 7.35. The fourth-order valence-electron chi connectivity index (χ4n) is 2.85. The van der Waals surface area contributed by atoms with Gasteiger partial charge in [-0.15, -0.1) is 0 Å². The summed E-state index contributed by atoms with van der Waals surface area (Å²) in [5.74, 6) is 0. The van der Waals surface area contributed by atoms with Crippen LogP contribution in [0, 0.1) is 0 Å². The van der Waals surface area contributed by atoms with Crippen molar-refractivity contribution in [2.45, 2.75) is 31.6 Å². The molecule has 0 saturated carbocycles. The predicted molar refractivity (Wildman–Crippen MR) is 86.7 cm³/mol. The van der Waals surface area contributed by atoms with Gasteiger partial charge in [0.25, 0.3) is 0 Å². The zero-order chi connectivity index (χ0) is 16.4. The van der Waals surface area contributed by atoms with Crippen molar-refractivity contribution in [2.75, 3.05) is 11.4 Å². The first-order valence-corrected chi connectivity index (χ1v) is 8.14. The molecule has 2 heterocycles. The summed E-state index contributed by atoms with van der Waals surface area (Å²) in [6, 6.07) is 4.36. The minimum atomic E-state index is -4.38. The number of benzene rings is 1. The van der Waals surface area contributed by atoms with E-state index in [0.717, 1.165) is 19.3 Å². The van der Waals surface area contributed by atoms with Gasteiger partial charge in [-0.2, -0.15) is 23.4 Å². The summed E-state index contributed by atoms with van der Waals surface area (Å²) in [6.45, 7) is 0.695. The molecular weight excluding hydrogens is 373 g/mol. The molecule has 1 aromatic rings. The summed E-state index contributed by atoms with van der Waals surface area (Å²) in [7, 11) is 0. The maximum Gasteiger partial charge on any atom is 0.417 e. The van der Waals surface area contributed by atoms with Crippen LogP contribution in [0.4, 0.5) is 18.9 Å². The topological polar surface area (TPSA) is 30.9 Å². The van der Waals surface area contributed by atoms with Crippen LogP contribution in [0.1, 0.15) is 24.8 Å². The number of hydrogen-bond donors (Lipinski definition) is 1. The van der Waals surface area contributed by atoms with Crippen molar-refractivity contribution in [3.8, 4) is 0 Å². The number of hydrazone groups is 1. The zero-order valence-electron chi connectivity index (χ0n) is 12.2. The quantitative estimate of drug-likeness (QED) is 0.826. The van der Waals surface area contributed by atoms with Gasteiger partial charge in [0, 0.05) is 22.9 Å². The molecule has 1 fully saturated rings. The molecular formula is C15H16BrF3N4. The minimum absolute atomic E-state index is 0.0550. The standard InChI is InChI=1S/C15H16BrF3N4/c16-13-6-5-11(10-12(13)15(17,18)19)22-9-2-1-4-14(22)23-20-7-3-8-21-23/h3,5-8,10,14,20H,1-2,4,9H2. The molecule has 0 amide bonds. The lowest BCUT2D eigenvalue weighted by molar-refractivity contribution is -0.138. The Morgan fingerprint density at radius 3 is 2.78 bits per heavy atom. The van der Waals surface area contributed by atoms with Gasteiger partial charge in [0.1, 0.15) is 6.17 Å². The largest absolute Gasteiger partial charge is 0.417 e. The van der Waals surface area contributed by atoms with Crippen molar-refractivity contribution in [1.82, 2.24) is 10.5 Å². The van der Waals surface area contributed by atoms with Crippen LogP contribution in [-0.2, 0) is 6.18 Å². The SMILES string of the molecule is FC(F)(F)c1cc(N2CCCCC2N2N=CC=CN2)ccc1Br. The molecule has 1 unspecified atom stereocenters. The Labute approximate surface area is 140 Å². The first kappa shape index (κ1) is 16.2. The first-order chi connectivity index (χ1) is 11.0. The van der Waals surface area contributed by atoms with Crippen molar-refractivity contribution in [3.05, 3.63) is 40.5 Å². The van der Waals surface area contributed by atoms with E-state index in [1.54, 1.807) is 29.7 Å². The number of nitrogens with zero attached hydrogens (tertiary/aromatic N) is 3. The molecule has 124 valence electrons. The lowest BCUT2D eigenvalue weighted by Gasteiger charge is -2.42. The van der Waals surface area contributed by atoms with Crippen LogP contribution >= 0.6 is 15.9 Å². The van der Waals surface area contributed by atoms with E-state index in [-0.39, 0.29) is 10.6 Å². The van der Waals surface area contributed by atoms with E-state index in [4.69, 9.17) is 0 Å². The Kier molecular flexibility index (Phi) is 4.52. The second-order valence-corrected chi connectivity index (χ2v) is 6.28. The van der Waals surface area contributed by atoms with Crippen LogP contribution in [-0.4, -0.2) is 24.0 Å². The van der Waals surface area contributed by atoms with E-state index in [9.17, 15) is 13.2 Å². The fourth-order valence-corrected chi connectivity index (χ4v) is 3.32. The third-order valence-corrected chi connectivity index (χ3v) is 4.61. The highest BCUT2D eigenvalue weighted by molar-refractivity contribution is 9.10. The lowest BCUT2D eigenvalue weighted by atomic mass is 10.1. The van der Waals surface area contributed by atoms with Crippen molar-refractivity contribution < 1.29 is 13.2 Å². The van der Waals surface area contributed by atoms with E-state index in [1.807, 2.05) is 4.90 Å². The molecule has 0 aromatic heterocycles. The maximum absolute atomic E-state index is 13.1. The average Bonchev–Trinajstić information content (AvgIpc) is 2.55. The van der Waals surface area contributed by atoms with E-state index in [0.29, 0.717) is 12.2 Å². The Balaban J connectivity index is 1.91. The van der Waals surface area contributed by atoms with Gasteiger partial charge in [-0.05, 0) is 43.5 Å². The van der Waals surface area contributed by atoms with Gasteiger partial charge in [0.05, 0.1) is 11.8 Å². The van der Waals surface area contributed by atoms with Crippen molar-refractivity contribution >= 4 is 27.8 Å². The molecule has 4 nitrogen and oxygen atoms in total. The Bertz CT molecular complexity index is 630. The molecule has 1 saturated heterocycles. The molecule has 0 aliphatic carbocycles. The molecule has 8 heteroatoms. The number of allylic oxidation sites excluding steroid dienone is 1. The molecule has 2 aliphatic heterocycles. The van der Waals surface area contributed by atoms with Gasteiger partial charge >= 0.3 is 6.18 Å². The molecule has 3 rings (SSSR count). The number of hydrazine groups is 1. The summed E-state index contributed by atoms with van der Waals surface area (Å²) < 4.78 is 39.5. The Morgan fingerprint density at radius 2 is 2.09 bits per heavy atom. The number of rotatable bonds is 2. The van der Waals surface area contributed by atoms with Gasteiger partial charge < -0.3 is 4.90 Å². The molecule has 0 bridgehead atoms. The summed E-state index contributed by atoms with van der Waals surface area (Å²) in [4.78, 5) is 1.97. The summed E-state index contributed by atoms with van der Waals surface area (Å²) in [5.41, 5.74) is 2.92. The highest BCUT2D eigenvalue weighted by atomic mass is 79.9. The maximum atomic E-state index is 13.1. The van der Waals surface area contributed by atoms with Crippen LogP contribution in [0.25, 0.3) is 0 Å². The smallest absolute Gasteiger partial charge is 0.348 e. The van der Waals surface area contributed by atoms with Gasteiger partial charge in [0.2, 0.25) is 0 Å². The van der Waals surface area contributed by atoms with E-state index < -0.39 is 11.7 Å². The lowest BCUT2D eigenvalue weighted by Crippen LogP contribution is -2.53. The Morgan fingerprint density at radius 1 is 1.26 bits per heavy atom. The monoisotopic (exact) mass is 388 g/mol. The molecule has 2 aliphatic rings. The van der Waals surface area contributed by atoms with Crippen molar-refractivity contribution in [2.24, 2.45) is 5.10 Å².